The van der Waals surface area contributed by atoms with Crippen LogP contribution in [0.15, 0.2) is 23.8 Å². The van der Waals surface area contributed by atoms with Gasteiger partial charge in [-0.1, -0.05) is 6.07 Å². The molecule has 0 saturated carbocycles. The van der Waals surface area contributed by atoms with Gasteiger partial charge < -0.3 is 10.1 Å². The molecule has 5 heteroatoms. The molecule has 3 nitrogen and oxygen atoms in total. The van der Waals surface area contributed by atoms with Gasteiger partial charge in [-0.3, -0.25) is 0 Å². The van der Waals surface area contributed by atoms with E-state index >= 15 is 0 Å². The van der Waals surface area contributed by atoms with E-state index in [0.717, 1.165) is 23.2 Å². The van der Waals surface area contributed by atoms with Gasteiger partial charge in [-0.05, 0) is 55.6 Å². The monoisotopic (exact) mass is 299 g/mol. The maximum atomic E-state index is 13.2. The van der Waals surface area contributed by atoms with Gasteiger partial charge in [0, 0.05) is 12.1 Å². The number of carbonyl (C=O) groups excluding carboxylic acids is 1. The number of nitrogens with one attached hydrogen (secondary N) is 1. The summed E-state index contributed by atoms with van der Waals surface area (Å²) >= 11 is 0. The number of esters is 1. The third kappa shape index (κ3) is 3.58. The average molecular weight is 300 g/mol. The molecule has 0 fully saturated rings. The molecule has 1 N–H and O–H groups in total. The Labute approximate surface area is 124 Å². The quantitative estimate of drug-likeness (QED) is 0.872. The van der Waals surface area contributed by atoms with Gasteiger partial charge in [0.05, 0.1) is 6.61 Å². The highest BCUT2D eigenvalue weighted by Gasteiger charge is 2.21. The second-order valence-corrected chi connectivity index (χ2v) is 4.56. The van der Waals surface area contributed by atoms with Crippen molar-refractivity contribution in [3.63, 3.8) is 0 Å². The third-order valence-electron chi connectivity index (χ3n) is 3.25. The summed E-state index contributed by atoms with van der Waals surface area (Å²) in [5.74, 6) is -0.522. The first-order valence-corrected chi connectivity index (χ1v) is 6.50. The van der Waals surface area contributed by atoms with E-state index in [1.54, 1.807) is 13.0 Å². The Balaban J connectivity index is 0.00000200. The Morgan fingerprint density at radius 3 is 2.85 bits per heavy atom. The molecule has 0 unspecified atom stereocenters. The fourth-order valence-corrected chi connectivity index (χ4v) is 2.35. The summed E-state index contributed by atoms with van der Waals surface area (Å²) in [5.41, 5.74) is 3.37. The molecule has 1 heterocycles. The highest BCUT2D eigenvalue weighted by molar-refractivity contribution is 5.98. The number of hydrogen-bond acceptors (Lipinski definition) is 3. The summed E-state index contributed by atoms with van der Waals surface area (Å²) in [5, 5.41) is 3.24. The zero-order valence-electron chi connectivity index (χ0n) is 11.7. The lowest BCUT2D eigenvalue weighted by Crippen LogP contribution is -2.28. The van der Waals surface area contributed by atoms with E-state index in [2.05, 4.69) is 5.32 Å². The molecule has 110 valence electrons. The summed E-state index contributed by atoms with van der Waals surface area (Å²) in [7, 11) is 0. The molecule has 0 aliphatic carbocycles. The van der Waals surface area contributed by atoms with E-state index in [1.807, 2.05) is 6.92 Å². The molecule has 0 radical (unpaired) electrons. The van der Waals surface area contributed by atoms with Crippen LogP contribution in [0.2, 0.25) is 0 Å². The van der Waals surface area contributed by atoms with E-state index in [-0.39, 0.29) is 24.2 Å². The van der Waals surface area contributed by atoms with Crippen molar-refractivity contribution >= 4 is 23.9 Å². The lowest BCUT2D eigenvalue weighted by molar-refractivity contribution is -0.138. The summed E-state index contributed by atoms with van der Waals surface area (Å²) in [6.07, 6.45) is 0.644. The van der Waals surface area contributed by atoms with E-state index < -0.39 is 0 Å². The van der Waals surface area contributed by atoms with Crippen LogP contribution in [-0.2, 0) is 9.53 Å². The Hall–Kier alpha value is -1.39. The van der Waals surface area contributed by atoms with Crippen LogP contribution >= 0.6 is 12.4 Å². The van der Waals surface area contributed by atoms with Crippen LogP contribution in [0.3, 0.4) is 0 Å². The molecule has 0 atom stereocenters. The van der Waals surface area contributed by atoms with Crippen molar-refractivity contribution in [2.45, 2.75) is 20.3 Å². The van der Waals surface area contributed by atoms with Crippen LogP contribution in [0.4, 0.5) is 4.39 Å². The first kappa shape index (κ1) is 16.7. The van der Waals surface area contributed by atoms with Crippen molar-refractivity contribution in [3.8, 4) is 0 Å². The summed E-state index contributed by atoms with van der Waals surface area (Å²) < 4.78 is 18.3. The molecule has 2 rings (SSSR count). The topological polar surface area (TPSA) is 38.3 Å². The van der Waals surface area contributed by atoms with Gasteiger partial charge >= 0.3 is 5.97 Å². The van der Waals surface area contributed by atoms with Crippen LogP contribution in [-0.4, -0.2) is 25.7 Å². The molecule has 0 bridgehead atoms. The maximum absolute atomic E-state index is 13.2. The van der Waals surface area contributed by atoms with E-state index in [9.17, 15) is 9.18 Å². The molecular weight excluding hydrogens is 281 g/mol. The Bertz CT molecular complexity index is 529. The minimum atomic E-state index is -0.261. The zero-order chi connectivity index (χ0) is 13.8. The third-order valence-corrected chi connectivity index (χ3v) is 3.25. The standard InChI is InChI=1S/C15H18FNO2.ClH/c1-3-19-15(18)13-6-7-17-9-14(13)12-5-4-11(16)8-10(12)2;/h4-5,8,17H,3,6-7,9H2,1-2H3;1H. The molecule has 1 aliphatic rings. The van der Waals surface area contributed by atoms with Crippen molar-refractivity contribution in [1.82, 2.24) is 5.32 Å². The molecule has 0 saturated heterocycles. The van der Waals surface area contributed by atoms with Crippen LogP contribution in [0.5, 0.6) is 0 Å². The Morgan fingerprint density at radius 2 is 2.20 bits per heavy atom. The van der Waals surface area contributed by atoms with Gasteiger partial charge in [0.1, 0.15) is 5.82 Å². The van der Waals surface area contributed by atoms with E-state index in [4.69, 9.17) is 4.74 Å². The van der Waals surface area contributed by atoms with Gasteiger partial charge in [-0.15, -0.1) is 12.4 Å². The second-order valence-electron chi connectivity index (χ2n) is 4.56. The number of aryl methyl sites for hydroxylation is 1. The van der Waals surface area contributed by atoms with Gasteiger partial charge in [-0.2, -0.15) is 0 Å². The molecule has 0 aromatic heterocycles. The number of rotatable bonds is 3. The van der Waals surface area contributed by atoms with Crippen molar-refractivity contribution in [2.75, 3.05) is 19.7 Å². The molecular formula is C15H19ClFNO2. The highest BCUT2D eigenvalue weighted by Crippen LogP contribution is 2.27. The molecule has 0 amide bonds. The molecule has 1 aromatic carbocycles. The molecule has 20 heavy (non-hydrogen) atoms. The van der Waals surface area contributed by atoms with Gasteiger partial charge in [0.25, 0.3) is 0 Å². The van der Waals surface area contributed by atoms with Crippen molar-refractivity contribution in [3.05, 3.63) is 40.7 Å². The minimum absolute atomic E-state index is 0. The van der Waals surface area contributed by atoms with E-state index in [0.29, 0.717) is 25.1 Å². The van der Waals surface area contributed by atoms with Crippen molar-refractivity contribution < 1.29 is 13.9 Å². The molecule has 1 aliphatic heterocycles. The largest absolute Gasteiger partial charge is 0.463 e. The highest BCUT2D eigenvalue weighted by atomic mass is 35.5. The summed E-state index contributed by atoms with van der Waals surface area (Å²) in [6.45, 7) is 5.38. The fraction of sp³-hybridized carbons (Fsp3) is 0.400. The number of halogens is 2. The Morgan fingerprint density at radius 1 is 1.45 bits per heavy atom. The second kappa shape index (κ2) is 7.41. The first-order valence-electron chi connectivity index (χ1n) is 6.50. The fourth-order valence-electron chi connectivity index (χ4n) is 2.35. The normalized spacial score (nSPS) is 14.8. The van der Waals surface area contributed by atoms with Crippen molar-refractivity contribution in [1.29, 1.82) is 0 Å². The van der Waals surface area contributed by atoms with Crippen LogP contribution < -0.4 is 5.32 Å². The van der Waals surface area contributed by atoms with Gasteiger partial charge in [-0.25, -0.2) is 9.18 Å². The lowest BCUT2D eigenvalue weighted by Gasteiger charge is -2.21. The molecule has 1 aromatic rings. The van der Waals surface area contributed by atoms with Crippen LogP contribution in [0.1, 0.15) is 24.5 Å². The van der Waals surface area contributed by atoms with Gasteiger partial charge in [0.15, 0.2) is 0 Å². The van der Waals surface area contributed by atoms with Gasteiger partial charge in [0.2, 0.25) is 0 Å². The van der Waals surface area contributed by atoms with E-state index in [1.165, 1.54) is 12.1 Å². The first-order chi connectivity index (χ1) is 9.13. The predicted molar refractivity (Wildman–Crippen MR) is 79.4 cm³/mol. The number of benzene rings is 1. The van der Waals surface area contributed by atoms with Crippen LogP contribution in [0, 0.1) is 12.7 Å². The smallest absolute Gasteiger partial charge is 0.334 e. The predicted octanol–water partition coefficient (Wildman–Crippen LogP) is 2.87. The minimum Gasteiger partial charge on any atom is -0.463 e. The lowest BCUT2D eigenvalue weighted by atomic mass is 9.92. The summed E-state index contributed by atoms with van der Waals surface area (Å²) in [4.78, 5) is 12.0. The van der Waals surface area contributed by atoms with Crippen molar-refractivity contribution in [2.24, 2.45) is 0 Å². The number of carbonyl (C=O) groups is 1. The SMILES string of the molecule is CCOC(=O)C1=C(c2ccc(F)cc2C)CNCC1.Cl. The average Bonchev–Trinajstić information content (AvgIpc) is 2.39. The number of hydrogen-bond donors (Lipinski definition) is 1. The maximum Gasteiger partial charge on any atom is 0.334 e. The zero-order valence-corrected chi connectivity index (χ0v) is 12.5. The Kier molecular flexibility index (Phi) is 6.17. The molecule has 0 spiro atoms. The van der Waals surface area contributed by atoms with Crippen LogP contribution in [0.25, 0.3) is 5.57 Å². The summed E-state index contributed by atoms with van der Waals surface area (Å²) in [6, 6.07) is 4.64. The number of ether oxygens (including phenoxy) is 1.